The van der Waals surface area contributed by atoms with Gasteiger partial charge in [-0.15, -0.1) is 5.73 Å². The Kier molecular flexibility index (Phi) is 2.46. The predicted octanol–water partition coefficient (Wildman–Crippen LogP) is 0.540. The summed E-state index contributed by atoms with van der Waals surface area (Å²) in [6.07, 6.45) is 4.61. The third kappa shape index (κ3) is 1.84. The molecule has 0 saturated carbocycles. The highest BCUT2D eigenvalue weighted by Gasteiger charge is 1.93. The zero-order valence-electron chi connectivity index (χ0n) is 6.66. The number of allylic oxidation sites excluding steroid dienone is 1. The second kappa shape index (κ2) is 3.55. The van der Waals surface area contributed by atoms with Crippen molar-refractivity contribution in [3.8, 4) is 0 Å². The number of aromatic nitrogens is 2. The second-order valence-corrected chi connectivity index (χ2v) is 2.15. The number of nitrogens with two attached hydrogens (primary N) is 1. The standard InChI is InChI=1S/C8H9N3O/c1-2-3-4-7-10-5-6(9)8(12)11-7/h2,4-5H,9H2,1H3,(H,10,11,12). The molecule has 0 aromatic carbocycles. The van der Waals surface area contributed by atoms with Crippen molar-refractivity contribution in [2.24, 2.45) is 0 Å². The van der Waals surface area contributed by atoms with Crippen LogP contribution in [-0.4, -0.2) is 9.97 Å². The highest BCUT2D eigenvalue weighted by molar-refractivity contribution is 5.41. The molecule has 0 amide bonds. The highest BCUT2D eigenvalue weighted by atomic mass is 16.1. The van der Waals surface area contributed by atoms with Gasteiger partial charge in [-0.05, 0) is 13.0 Å². The normalized spacial score (nSPS) is 8.75. The van der Waals surface area contributed by atoms with Gasteiger partial charge in [0.25, 0.3) is 5.56 Å². The Hall–Kier alpha value is -1.80. The number of aromatic amines is 1. The summed E-state index contributed by atoms with van der Waals surface area (Å²) in [5.74, 6) is 0.451. The van der Waals surface area contributed by atoms with E-state index in [9.17, 15) is 4.79 Å². The van der Waals surface area contributed by atoms with Crippen molar-refractivity contribution < 1.29 is 0 Å². The number of hydrogen-bond donors (Lipinski definition) is 2. The van der Waals surface area contributed by atoms with E-state index in [1.165, 1.54) is 6.20 Å². The molecule has 62 valence electrons. The molecule has 0 aliphatic rings. The van der Waals surface area contributed by atoms with Gasteiger partial charge in [0, 0.05) is 6.08 Å². The number of nitrogen functional groups attached to an aromatic ring is 1. The van der Waals surface area contributed by atoms with Gasteiger partial charge >= 0.3 is 0 Å². The number of hydrogen-bond acceptors (Lipinski definition) is 3. The van der Waals surface area contributed by atoms with Crippen molar-refractivity contribution in [3.05, 3.63) is 34.2 Å². The summed E-state index contributed by atoms with van der Waals surface area (Å²) in [6, 6.07) is 0. The summed E-state index contributed by atoms with van der Waals surface area (Å²) in [7, 11) is 0. The monoisotopic (exact) mass is 163 g/mol. The molecule has 0 fully saturated rings. The van der Waals surface area contributed by atoms with Crippen molar-refractivity contribution in [3.63, 3.8) is 0 Å². The first kappa shape index (κ1) is 8.30. The van der Waals surface area contributed by atoms with Crippen molar-refractivity contribution in [2.45, 2.75) is 6.92 Å². The van der Waals surface area contributed by atoms with E-state index in [2.05, 4.69) is 15.7 Å². The topological polar surface area (TPSA) is 71.8 Å². The molecule has 0 radical (unpaired) electrons. The molecule has 1 aromatic rings. The van der Waals surface area contributed by atoms with Crippen LogP contribution in [0.3, 0.4) is 0 Å². The van der Waals surface area contributed by atoms with E-state index >= 15 is 0 Å². The Morgan fingerprint density at radius 1 is 1.75 bits per heavy atom. The molecule has 1 aromatic heterocycles. The van der Waals surface area contributed by atoms with Gasteiger partial charge < -0.3 is 10.7 Å². The van der Waals surface area contributed by atoms with Crippen LogP contribution in [0, 0.1) is 0 Å². The lowest BCUT2D eigenvalue weighted by atomic mass is 10.5. The summed E-state index contributed by atoms with van der Waals surface area (Å²) in [5, 5.41) is 0. The molecular weight excluding hydrogens is 154 g/mol. The first-order valence-electron chi connectivity index (χ1n) is 3.46. The van der Waals surface area contributed by atoms with Crippen LogP contribution < -0.4 is 11.3 Å². The van der Waals surface area contributed by atoms with Gasteiger partial charge in [-0.2, -0.15) is 0 Å². The Balaban J connectivity index is 3.14. The Morgan fingerprint density at radius 3 is 3.08 bits per heavy atom. The molecule has 0 spiro atoms. The van der Waals surface area contributed by atoms with Gasteiger partial charge in [-0.1, -0.05) is 0 Å². The number of H-pyrrole nitrogens is 1. The third-order valence-electron chi connectivity index (χ3n) is 1.23. The second-order valence-electron chi connectivity index (χ2n) is 2.15. The molecule has 0 bridgehead atoms. The lowest BCUT2D eigenvalue weighted by Crippen LogP contribution is -2.13. The van der Waals surface area contributed by atoms with E-state index in [4.69, 9.17) is 5.73 Å². The summed E-state index contributed by atoms with van der Waals surface area (Å²) < 4.78 is 0. The zero-order chi connectivity index (χ0) is 8.97. The predicted molar refractivity (Wildman–Crippen MR) is 47.5 cm³/mol. The highest BCUT2D eigenvalue weighted by Crippen LogP contribution is 1.90. The third-order valence-corrected chi connectivity index (χ3v) is 1.23. The molecule has 1 heterocycles. The lowest BCUT2D eigenvalue weighted by molar-refractivity contribution is 1.10. The minimum atomic E-state index is -0.325. The molecule has 0 atom stereocenters. The molecule has 4 heteroatoms. The SMILES string of the molecule is CC=C=Cc1ncc(N)c(=O)[nH]1. The maximum atomic E-state index is 10.9. The minimum Gasteiger partial charge on any atom is -0.393 e. The van der Waals surface area contributed by atoms with Gasteiger partial charge in [0.2, 0.25) is 0 Å². The largest absolute Gasteiger partial charge is 0.393 e. The van der Waals surface area contributed by atoms with Crippen LogP contribution in [0.15, 0.2) is 22.8 Å². The molecule has 1 rings (SSSR count). The van der Waals surface area contributed by atoms with Crippen molar-refractivity contribution in [2.75, 3.05) is 5.73 Å². The van der Waals surface area contributed by atoms with Crippen LogP contribution in [0.25, 0.3) is 6.08 Å². The molecule has 3 N–H and O–H groups in total. The first-order valence-corrected chi connectivity index (χ1v) is 3.46. The van der Waals surface area contributed by atoms with Crippen LogP contribution in [0.5, 0.6) is 0 Å². The fourth-order valence-corrected chi connectivity index (χ4v) is 0.654. The maximum absolute atomic E-state index is 10.9. The van der Waals surface area contributed by atoms with Gasteiger partial charge in [0.15, 0.2) is 0 Å². The van der Waals surface area contributed by atoms with Crippen LogP contribution in [0.2, 0.25) is 0 Å². The first-order chi connectivity index (χ1) is 5.74. The fraction of sp³-hybridized carbons (Fsp3) is 0.125. The summed E-state index contributed by atoms with van der Waals surface area (Å²) in [4.78, 5) is 17.3. The molecular formula is C8H9N3O. The van der Waals surface area contributed by atoms with Gasteiger partial charge in [0.05, 0.1) is 6.20 Å². The molecule has 0 aliphatic carbocycles. The van der Waals surface area contributed by atoms with Crippen molar-refractivity contribution in [1.29, 1.82) is 0 Å². The zero-order valence-corrected chi connectivity index (χ0v) is 6.66. The maximum Gasteiger partial charge on any atom is 0.274 e. The number of rotatable bonds is 1. The quantitative estimate of drug-likeness (QED) is 0.593. The number of nitrogens with zero attached hydrogens (tertiary/aromatic N) is 1. The summed E-state index contributed by atoms with van der Waals surface area (Å²) >= 11 is 0. The molecule has 12 heavy (non-hydrogen) atoms. The van der Waals surface area contributed by atoms with Crippen LogP contribution in [0.4, 0.5) is 5.69 Å². The van der Waals surface area contributed by atoms with E-state index in [1.807, 2.05) is 6.92 Å². The molecule has 4 nitrogen and oxygen atoms in total. The van der Waals surface area contributed by atoms with Gasteiger partial charge in [-0.3, -0.25) is 4.79 Å². The fourth-order valence-electron chi connectivity index (χ4n) is 0.654. The van der Waals surface area contributed by atoms with Crippen molar-refractivity contribution in [1.82, 2.24) is 9.97 Å². The van der Waals surface area contributed by atoms with Crippen LogP contribution in [0.1, 0.15) is 12.7 Å². The van der Waals surface area contributed by atoms with E-state index < -0.39 is 0 Å². The van der Waals surface area contributed by atoms with E-state index in [-0.39, 0.29) is 11.2 Å². The summed E-state index contributed by atoms with van der Waals surface area (Å²) in [6.45, 7) is 1.83. The summed E-state index contributed by atoms with van der Waals surface area (Å²) in [5.41, 5.74) is 7.85. The van der Waals surface area contributed by atoms with Crippen LogP contribution >= 0.6 is 0 Å². The average Bonchev–Trinajstić information content (AvgIpc) is 2.07. The number of anilines is 1. The average molecular weight is 163 g/mol. The van der Waals surface area contributed by atoms with Crippen molar-refractivity contribution >= 4 is 11.8 Å². The van der Waals surface area contributed by atoms with Gasteiger partial charge in [0.1, 0.15) is 11.5 Å². The molecule has 0 unspecified atom stereocenters. The van der Waals surface area contributed by atoms with Gasteiger partial charge in [-0.25, -0.2) is 4.98 Å². The molecule has 0 aliphatic heterocycles. The molecule has 0 saturated heterocycles. The van der Waals surface area contributed by atoms with Crippen LogP contribution in [-0.2, 0) is 0 Å². The van der Waals surface area contributed by atoms with E-state index in [0.717, 1.165) is 0 Å². The van der Waals surface area contributed by atoms with E-state index in [0.29, 0.717) is 5.82 Å². The lowest BCUT2D eigenvalue weighted by Gasteiger charge is -1.91. The Bertz CT molecular complexity index is 386. The Morgan fingerprint density at radius 2 is 2.50 bits per heavy atom. The Labute approximate surface area is 69.5 Å². The minimum absolute atomic E-state index is 0.118. The smallest absolute Gasteiger partial charge is 0.274 e. The number of nitrogens with one attached hydrogen (secondary N) is 1. The van der Waals surface area contributed by atoms with E-state index in [1.54, 1.807) is 12.2 Å².